The third kappa shape index (κ3) is 5.97. The van der Waals surface area contributed by atoms with Gasteiger partial charge < -0.3 is 14.6 Å². The molecule has 0 aromatic rings. The molecule has 0 aliphatic carbocycles. The van der Waals surface area contributed by atoms with E-state index < -0.39 is 45.0 Å². The van der Waals surface area contributed by atoms with Gasteiger partial charge in [-0.2, -0.15) is 0 Å². The molecule has 1 atom stereocenters. The summed E-state index contributed by atoms with van der Waals surface area (Å²) < 4.78 is 32.7. The molecule has 0 aromatic heterocycles. The molecule has 0 spiro atoms. The van der Waals surface area contributed by atoms with Gasteiger partial charge in [0.05, 0.1) is 6.61 Å². The van der Waals surface area contributed by atoms with Crippen LogP contribution in [0.2, 0.25) is 0 Å². The zero-order valence-electron chi connectivity index (χ0n) is 10.8. The van der Waals surface area contributed by atoms with Gasteiger partial charge in [-0.25, -0.2) is 8.42 Å². The van der Waals surface area contributed by atoms with Crippen LogP contribution in [0.3, 0.4) is 0 Å². The summed E-state index contributed by atoms with van der Waals surface area (Å²) in [6.45, 7) is 4.24. The summed E-state index contributed by atoms with van der Waals surface area (Å²) in [5.74, 6) is -3.52. The van der Waals surface area contributed by atoms with Crippen molar-refractivity contribution in [2.75, 3.05) is 19.5 Å². The fraction of sp³-hybridized carbons (Fsp3) is 0.800. The number of hydrogen-bond acceptors (Lipinski definition) is 6. The zero-order chi connectivity index (χ0) is 14.6. The summed E-state index contributed by atoms with van der Waals surface area (Å²) in [6.07, 6.45) is 0. The van der Waals surface area contributed by atoms with Crippen molar-refractivity contribution >= 4 is 21.8 Å². The Morgan fingerprint density at radius 2 is 1.78 bits per heavy atom. The highest BCUT2D eigenvalue weighted by Crippen LogP contribution is 2.10. The lowest BCUT2D eigenvalue weighted by molar-refractivity contribution is -0.151. The summed E-state index contributed by atoms with van der Waals surface area (Å²) in [6, 6.07) is 0. The molecule has 0 aromatic carbocycles. The van der Waals surface area contributed by atoms with Crippen LogP contribution in [-0.2, 0) is 28.9 Å². The Morgan fingerprint density at radius 3 is 2.11 bits per heavy atom. The molecule has 1 unspecified atom stereocenters. The summed E-state index contributed by atoms with van der Waals surface area (Å²) in [7, 11) is -2.97. The van der Waals surface area contributed by atoms with Crippen LogP contribution in [0.1, 0.15) is 20.8 Å². The molecule has 0 heterocycles. The van der Waals surface area contributed by atoms with E-state index in [1.165, 1.54) is 7.11 Å². The SMILES string of the molecule is COCC(C(=O)O)S(=O)(=O)CC(=O)OC(C)(C)C. The standard InChI is InChI=1S/C10H18O7S/c1-10(2,3)17-8(11)6-18(14,15)7(5-16-4)9(12)13/h7H,5-6H2,1-4H3,(H,12,13). The van der Waals surface area contributed by atoms with Crippen molar-refractivity contribution in [3.8, 4) is 0 Å². The minimum atomic E-state index is -4.15. The van der Waals surface area contributed by atoms with E-state index in [0.29, 0.717) is 0 Å². The molecule has 0 fully saturated rings. The van der Waals surface area contributed by atoms with E-state index in [-0.39, 0.29) is 0 Å². The lowest BCUT2D eigenvalue weighted by Gasteiger charge is -2.20. The maximum Gasteiger partial charge on any atom is 0.324 e. The van der Waals surface area contributed by atoms with Crippen LogP contribution in [-0.4, -0.2) is 55.8 Å². The number of sulfone groups is 1. The maximum atomic E-state index is 11.7. The van der Waals surface area contributed by atoms with Gasteiger partial charge in [0, 0.05) is 7.11 Å². The normalized spacial score (nSPS) is 14.0. The lowest BCUT2D eigenvalue weighted by atomic mass is 10.2. The molecule has 0 aliphatic rings. The summed E-state index contributed by atoms with van der Waals surface area (Å²) in [4.78, 5) is 22.2. The third-order valence-corrected chi connectivity index (χ3v) is 3.61. The van der Waals surface area contributed by atoms with E-state index in [1.807, 2.05) is 0 Å². The Kier molecular flexibility index (Phi) is 5.75. The molecule has 0 saturated heterocycles. The summed E-state index contributed by atoms with van der Waals surface area (Å²) in [5, 5.41) is 7.01. The predicted octanol–water partition coefficient (Wildman–Crippen LogP) is -0.157. The van der Waals surface area contributed by atoms with Gasteiger partial charge in [0.1, 0.15) is 11.4 Å². The zero-order valence-corrected chi connectivity index (χ0v) is 11.6. The van der Waals surface area contributed by atoms with Crippen molar-refractivity contribution < 1.29 is 32.6 Å². The van der Waals surface area contributed by atoms with Gasteiger partial charge in [0.15, 0.2) is 15.1 Å². The van der Waals surface area contributed by atoms with E-state index in [9.17, 15) is 18.0 Å². The average molecular weight is 282 g/mol. The van der Waals surface area contributed by atoms with Gasteiger partial charge in [0.2, 0.25) is 0 Å². The number of carboxylic acids is 1. The summed E-state index contributed by atoms with van der Waals surface area (Å²) in [5.41, 5.74) is -0.827. The smallest absolute Gasteiger partial charge is 0.324 e. The van der Waals surface area contributed by atoms with Gasteiger partial charge >= 0.3 is 11.9 Å². The van der Waals surface area contributed by atoms with Crippen molar-refractivity contribution in [3.05, 3.63) is 0 Å². The Bertz CT molecular complexity index is 404. The van der Waals surface area contributed by atoms with Gasteiger partial charge in [-0.1, -0.05) is 0 Å². The van der Waals surface area contributed by atoms with E-state index in [4.69, 9.17) is 9.84 Å². The van der Waals surface area contributed by atoms with Crippen molar-refractivity contribution in [2.45, 2.75) is 31.6 Å². The van der Waals surface area contributed by atoms with Crippen LogP contribution in [0.25, 0.3) is 0 Å². The number of carbonyl (C=O) groups is 2. The molecule has 0 radical (unpaired) electrons. The first kappa shape index (κ1) is 16.9. The van der Waals surface area contributed by atoms with Crippen LogP contribution < -0.4 is 0 Å². The topological polar surface area (TPSA) is 107 Å². The second-order valence-electron chi connectivity index (χ2n) is 4.68. The fourth-order valence-corrected chi connectivity index (χ4v) is 2.36. The van der Waals surface area contributed by atoms with Gasteiger partial charge in [0.25, 0.3) is 0 Å². The predicted molar refractivity (Wildman–Crippen MR) is 62.9 cm³/mol. The molecule has 0 rings (SSSR count). The van der Waals surface area contributed by atoms with Crippen LogP contribution >= 0.6 is 0 Å². The lowest BCUT2D eigenvalue weighted by Crippen LogP contribution is -2.39. The van der Waals surface area contributed by atoms with Gasteiger partial charge in [-0.3, -0.25) is 9.59 Å². The molecule has 18 heavy (non-hydrogen) atoms. The molecule has 1 N–H and O–H groups in total. The molecular weight excluding hydrogens is 264 g/mol. The Morgan fingerprint density at radius 1 is 1.28 bits per heavy atom. The minimum absolute atomic E-state index is 0.513. The molecule has 0 aliphatic heterocycles. The number of aliphatic carboxylic acids is 1. The molecule has 7 nitrogen and oxygen atoms in total. The van der Waals surface area contributed by atoms with Crippen LogP contribution in [0.15, 0.2) is 0 Å². The van der Waals surface area contributed by atoms with Gasteiger partial charge in [-0.05, 0) is 20.8 Å². The van der Waals surface area contributed by atoms with E-state index in [0.717, 1.165) is 0 Å². The monoisotopic (exact) mass is 282 g/mol. The minimum Gasteiger partial charge on any atom is -0.480 e. The van der Waals surface area contributed by atoms with E-state index in [1.54, 1.807) is 20.8 Å². The number of carbonyl (C=O) groups excluding carboxylic acids is 1. The second-order valence-corrected chi connectivity index (χ2v) is 6.86. The molecule has 0 bridgehead atoms. The quantitative estimate of drug-likeness (QED) is 0.674. The van der Waals surface area contributed by atoms with Crippen LogP contribution in [0.5, 0.6) is 0 Å². The highest BCUT2D eigenvalue weighted by molar-refractivity contribution is 7.93. The molecule has 0 amide bonds. The number of rotatable bonds is 6. The summed E-state index contributed by atoms with van der Waals surface area (Å²) >= 11 is 0. The Labute approximate surface area is 106 Å². The van der Waals surface area contributed by atoms with Crippen molar-refractivity contribution in [3.63, 3.8) is 0 Å². The van der Waals surface area contributed by atoms with E-state index >= 15 is 0 Å². The van der Waals surface area contributed by atoms with Crippen LogP contribution in [0, 0.1) is 0 Å². The average Bonchev–Trinajstić information content (AvgIpc) is 2.08. The largest absolute Gasteiger partial charge is 0.480 e. The number of carboxylic acid groups (broad SMARTS) is 1. The third-order valence-electron chi connectivity index (χ3n) is 1.77. The fourth-order valence-electron chi connectivity index (χ4n) is 1.12. The molecular formula is C10H18O7S. The maximum absolute atomic E-state index is 11.7. The number of ether oxygens (including phenoxy) is 2. The second kappa shape index (κ2) is 6.14. The number of hydrogen-bond donors (Lipinski definition) is 1. The highest BCUT2D eigenvalue weighted by Gasteiger charge is 2.35. The van der Waals surface area contributed by atoms with Crippen LogP contribution in [0.4, 0.5) is 0 Å². The Hall–Kier alpha value is -1.15. The van der Waals surface area contributed by atoms with Crippen molar-refractivity contribution in [1.82, 2.24) is 0 Å². The van der Waals surface area contributed by atoms with Crippen molar-refractivity contribution in [1.29, 1.82) is 0 Å². The molecule has 106 valence electrons. The van der Waals surface area contributed by atoms with E-state index in [2.05, 4.69) is 4.74 Å². The van der Waals surface area contributed by atoms with Crippen molar-refractivity contribution in [2.24, 2.45) is 0 Å². The Balaban J connectivity index is 4.83. The van der Waals surface area contributed by atoms with Gasteiger partial charge in [-0.15, -0.1) is 0 Å². The first-order chi connectivity index (χ1) is 7.99. The first-order valence-electron chi connectivity index (χ1n) is 5.15. The number of esters is 1. The molecule has 0 saturated carbocycles. The molecule has 8 heteroatoms. The first-order valence-corrected chi connectivity index (χ1v) is 6.86. The highest BCUT2D eigenvalue weighted by atomic mass is 32.2. The number of methoxy groups -OCH3 is 1.